The van der Waals surface area contributed by atoms with Crippen molar-refractivity contribution in [3.8, 4) is 11.1 Å². The highest BCUT2D eigenvalue weighted by molar-refractivity contribution is 6.23. The van der Waals surface area contributed by atoms with Crippen LogP contribution < -0.4 is 5.32 Å². The third-order valence-corrected chi connectivity index (χ3v) is 10.3. The minimum atomic E-state index is -0.402. The standard InChI is InChI=1S/C47H29N3O2/c1-2-12-28(13-3-1)45-48-46(38-24-30-14-4-5-15-32(30)33-16-6-7-17-34(33)38)50-47(49-45)39-25-31(27-43-44(39)37-19-9-11-21-41(37)52-43)29-22-23-36-35-18-8-10-20-40(35)51-42(36)26-29/h1-27,46H,(H,48,49,50). The first kappa shape index (κ1) is 28.8. The van der Waals surface area contributed by atoms with Gasteiger partial charge in [0, 0.05) is 38.2 Å². The molecular weight excluding hydrogens is 639 g/mol. The van der Waals surface area contributed by atoms with Gasteiger partial charge in [-0.15, -0.1) is 0 Å². The lowest BCUT2D eigenvalue weighted by Crippen LogP contribution is -2.33. The van der Waals surface area contributed by atoms with E-state index < -0.39 is 6.17 Å². The first-order chi connectivity index (χ1) is 25.7. The van der Waals surface area contributed by atoms with Gasteiger partial charge in [0.05, 0.1) is 0 Å². The second-order valence-corrected chi connectivity index (χ2v) is 13.4. The zero-order valence-corrected chi connectivity index (χ0v) is 27.9. The van der Waals surface area contributed by atoms with E-state index in [9.17, 15) is 0 Å². The molecule has 1 aliphatic heterocycles. The summed E-state index contributed by atoms with van der Waals surface area (Å²) >= 11 is 0. The Balaban J connectivity index is 1.17. The Bertz CT molecular complexity index is 3110. The van der Waals surface area contributed by atoms with Crippen molar-refractivity contribution in [3.05, 3.63) is 180 Å². The first-order valence-electron chi connectivity index (χ1n) is 17.5. The minimum absolute atomic E-state index is 0.402. The number of amidine groups is 2. The molecule has 1 atom stereocenters. The van der Waals surface area contributed by atoms with Crippen molar-refractivity contribution < 1.29 is 8.83 Å². The van der Waals surface area contributed by atoms with Crippen molar-refractivity contribution in [1.82, 2.24) is 5.32 Å². The van der Waals surface area contributed by atoms with Crippen LogP contribution >= 0.6 is 0 Å². The lowest BCUT2D eigenvalue weighted by atomic mass is 9.95. The average molecular weight is 668 g/mol. The van der Waals surface area contributed by atoms with E-state index in [0.29, 0.717) is 5.84 Å². The van der Waals surface area contributed by atoms with Crippen LogP contribution in [-0.4, -0.2) is 11.7 Å². The van der Waals surface area contributed by atoms with E-state index >= 15 is 0 Å². The van der Waals surface area contributed by atoms with E-state index in [0.717, 1.165) is 82.9 Å². The first-order valence-corrected chi connectivity index (χ1v) is 17.5. The van der Waals surface area contributed by atoms with Crippen molar-refractivity contribution >= 4 is 77.1 Å². The molecule has 0 fully saturated rings. The molecule has 5 nitrogen and oxygen atoms in total. The largest absolute Gasteiger partial charge is 0.456 e. The zero-order valence-electron chi connectivity index (χ0n) is 27.9. The van der Waals surface area contributed by atoms with Crippen LogP contribution in [0.15, 0.2) is 183 Å². The van der Waals surface area contributed by atoms with E-state index in [2.05, 4.69) is 121 Å². The predicted molar refractivity (Wildman–Crippen MR) is 213 cm³/mol. The van der Waals surface area contributed by atoms with Crippen LogP contribution in [0.4, 0.5) is 0 Å². The quantitative estimate of drug-likeness (QED) is 0.190. The van der Waals surface area contributed by atoms with Gasteiger partial charge >= 0.3 is 0 Å². The smallest absolute Gasteiger partial charge is 0.160 e. The summed E-state index contributed by atoms with van der Waals surface area (Å²) in [4.78, 5) is 10.7. The van der Waals surface area contributed by atoms with Crippen molar-refractivity contribution in [2.75, 3.05) is 0 Å². The number of fused-ring (bicyclic) bond motifs is 9. The number of benzene rings is 8. The molecule has 1 N–H and O–H groups in total. The Morgan fingerprint density at radius 2 is 1.08 bits per heavy atom. The van der Waals surface area contributed by atoms with Crippen LogP contribution in [0.3, 0.4) is 0 Å². The summed E-state index contributed by atoms with van der Waals surface area (Å²) in [7, 11) is 0. The predicted octanol–water partition coefficient (Wildman–Crippen LogP) is 12.0. The van der Waals surface area contributed by atoms with Gasteiger partial charge in [-0.05, 0) is 75.1 Å². The highest BCUT2D eigenvalue weighted by Gasteiger charge is 2.26. The molecule has 0 saturated heterocycles. The minimum Gasteiger partial charge on any atom is -0.456 e. The molecule has 0 saturated carbocycles. The zero-order chi connectivity index (χ0) is 34.2. The van der Waals surface area contributed by atoms with Crippen molar-refractivity contribution in [3.63, 3.8) is 0 Å². The fourth-order valence-corrected chi connectivity index (χ4v) is 7.88. The van der Waals surface area contributed by atoms with E-state index in [1.165, 1.54) is 16.2 Å². The Morgan fingerprint density at radius 3 is 1.92 bits per heavy atom. The Kier molecular flexibility index (Phi) is 6.25. The van der Waals surface area contributed by atoms with Crippen molar-refractivity contribution in [2.45, 2.75) is 6.17 Å². The number of furan rings is 2. The summed E-state index contributed by atoms with van der Waals surface area (Å²) in [5, 5.41) is 12.7. The molecule has 5 heteroatoms. The number of nitrogens with zero attached hydrogens (tertiary/aromatic N) is 2. The van der Waals surface area contributed by atoms with Gasteiger partial charge in [0.1, 0.15) is 34.3 Å². The topological polar surface area (TPSA) is 63.0 Å². The van der Waals surface area contributed by atoms with Gasteiger partial charge in [0.2, 0.25) is 0 Å². The van der Waals surface area contributed by atoms with Gasteiger partial charge in [-0.1, -0.05) is 121 Å². The van der Waals surface area contributed by atoms with Crippen molar-refractivity contribution in [1.29, 1.82) is 0 Å². The molecule has 0 spiro atoms. The van der Waals surface area contributed by atoms with Crippen LogP contribution in [0.1, 0.15) is 22.9 Å². The van der Waals surface area contributed by atoms with Gasteiger partial charge < -0.3 is 14.2 Å². The summed E-state index contributed by atoms with van der Waals surface area (Å²) in [6, 6.07) is 56.8. The molecule has 0 amide bonds. The maximum Gasteiger partial charge on any atom is 0.160 e. The molecule has 0 aliphatic carbocycles. The number of hydrogen-bond acceptors (Lipinski definition) is 5. The fourth-order valence-electron chi connectivity index (χ4n) is 7.88. The van der Waals surface area contributed by atoms with E-state index in [4.69, 9.17) is 18.8 Å². The molecule has 8 aromatic carbocycles. The molecule has 0 bridgehead atoms. The maximum atomic E-state index is 6.57. The molecule has 3 heterocycles. The second kappa shape index (κ2) is 11.3. The van der Waals surface area contributed by atoms with Crippen molar-refractivity contribution in [2.24, 2.45) is 9.98 Å². The number of hydrogen-bond donors (Lipinski definition) is 1. The number of para-hydroxylation sites is 2. The average Bonchev–Trinajstić information content (AvgIpc) is 3.78. The number of nitrogens with one attached hydrogen (secondary N) is 1. The van der Waals surface area contributed by atoms with Crippen LogP contribution in [-0.2, 0) is 0 Å². The summed E-state index contributed by atoms with van der Waals surface area (Å²) in [6.07, 6.45) is -0.402. The lowest BCUT2D eigenvalue weighted by molar-refractivity contribution is 0.668. The third kappa shape index (κ3) is 4.49. The van der Waals surface area contributed by atoms with Crippen LogP contribution in [0.25, 0.3) is 76.5 Å². The number of aliphatic imine (C=N–C) groups is 2. The molecule has 244 valence electrons. The second-order valence-electron chi connectivity index (χ2n) is 13.4. The molecule has 11 rings (SSSR count). The highest BCUT2D eigenvalue weighted by atomic mass is 16.3. The fraction of sp³-hybridized carbons (Fsp3) is 0.0213. The number of rotatable bonds is 4. The van der Waals surface area contributed by atoms with Gasteiger partial charge in [-0.3, -0.25) is 0 Å². The monoisotopic (exact) mass is 667 g/mol. The van der Waals surface area contributed by atoms with Crippen LogP contribution in [0.5, 0.6) is 0 Å². The third-order valence-electron chi connectivity index (χ3n) is 10.3. The normalized spacial score (nSPS) is 14.7. The van der Waals surface area contributed by atoms with E-state index in [1.807, 2.05) is 48.5 Å². The molecule has 1 aliphatic rings. The Morgan fingerprint density at radius 1 is 0.442 bits per heavy atom. The highest BCUT2D eigenvalue weighted by Crippen LogP contribution is 2.40. The molecular formula is C47H29N3O2. The van der Waals surface area contributed by atoms with Gasteiger partial charge in [-0.2, -0.15) is 0 Å². The van der Waals surface area contributed by atoms with Gasteiger partial charge in [-0.25, -0.2) is 9.98 Å². The molecule has 52 heavy (non-hydrogen) atoms. The van der Waals surface area contributed by atoms with Gasteiger partial charge in [0.15, 0.2) is 5.84 Å². The Hall–Kier alpha value is -6.98. The van der Waals surface area contributed by atoms with Crippen LogP contribution in [0.2, 0.25) is 0 Å². The molecule has 1 unspecified atom stereocenters. The lowest BCUT2D eigenvalue weighted by Gasteiger charge is -2.25. The molecule has 2 aromatic heterocycles. The van der Waals surface area contributed by atoms with Gasteiger partial charge in [0.25, 0.3) is 0 Å². The SMILES string of the molecule is c1ccc(C2=NC(c3cc(-c4ccc5c(c4)oc4ccccc45)cc4oc5ccccc5c34)=NC(c3cc4ccccc4c4ccccc34)N2)cc1. The molecule has 0 radical (unpaired) electrons. The Labute approximate surface area is 298 Å². The summed E-state index contributed by atoms with van der Waals surface area (Å²) < 4.78 is 12.9. The van der Waals surface area contributed by atoms with E-state index in [1.54, 1.807) is 0 Å². The van der Waals surface area contributed by atoms with E-state index in [-0.39, 0.29) is 0 Å². The summed E-state index contributed by atoms with van der Waals surface area (Å²) in [5.41, 5.74) is 8.33. The maximum absolute atomic E-state index is 6.57. The summed E-state index contributed by atoms with van der Waals surface area (Å²) in [5.74, 6) is 1.41. The van der Waals surface area contributed by atoms with Crippen LogP contribution in [0, 0.1) is 0 Å². The molecule has 10 aromatic rings. The summed E-state index contributed by atoms with van der Waals surface area (Å²) in [6.45, 7) is 0.